The van der Waals surface area contributed by atoms with Crippen LogP contribution in [0.5, 0.6) is 5.75 Å². The molecule has 0 bridgehead atoms. The molecule has 3 aromatic carbocycles. The van der Waals surface area contributed by atoms with E-state index in [9.17, 15) is 4.79 Å². The van der Waals surface area contributed by atoms with Crippen molar-refractivity contribution < 1.29 is 9.53 Å². The van der Waals surface area contributed by atoms with E-state index in [2.05, 4.69) is 15.5 Å². The zero-order valence-corrected chi connectivity index (χ0v) is 18.9. The van der Waals surface area contributed by atoms with Crippen LogP contribution in [0.2, 0.25) is 5.02 Å². The third kappa shape index (κ3) is 5.25. The molecule has 31 heavy (non-hydrogen) atoms. The fraction of sp³-hybridized carbons (Fsp3) is 0.0870. The maximum absolute atomic E-state index is 12.2. The lowest BCUT2D eigenvalue weighted by Crippen LogP contribution is -2.19. The molecule has 8 heteroatoms. The second-order valence-corrected chi connectivity index (χ2v) is 9.01. The van der Waals surface area contributed by atoms with Gasteiger partial charge in [0.05, 0.1) is 24.8 Å². The molecule has 4 rings (SSSR count). The number of hydrazone groups is 1. The van der Waals surface area contributed by atoms with Crippen molar-refractivity contribution in [1.29, 1.82) is 0 Å². The summed E-state index contributed by atoms with van der Waals surface area (Å²) in [6.07, 6.45) is 1.62. The topological polar surface area (TPSA) is 63.6 Å². The number of hydrogen-bond acceptors (Lipinski definition) is 6. The number of methoxy groups -OCH3 is 1. The van der Waals surface area contributed by atoms with Crippen molar-refractivity contribution in [3.63, 3.8) is 0 Å². The van der Waals surface area contributed by atoms with E-state index in [1.54, 1.807) is 13.3 Å². The van der Waals surface area contributed by atoms with Gasteiger partial charge >= 0.3 is 0 Å². The van der Waals surface area contributed by atoms with E-state index in [0.29, 0.717) is 10.8 Å². The Balaban J connectivity index is 1.37. The number of ether oxygens (including phenoxy) is 1. The van der Waals surface area contributed by atoms with Crippen molar-refractivity contribution >= 4 is 57.6 Å². The first-order valence-corrected chi connectivity index (χ1v) is 11.6. The van der Waals surface area contributed by atoms with E-state index < -0.39 is 0 Å². The molecule has 1 aromatic heterocycles. The lowest BCUT2D eigenvalue weighted by Gasteiger charge is -2.08. The highest BCUT2D eigenvalue weighted by atomic mass is 35.5. The van der Waals surface area contributed by atoms with Gasteiger partial charge in [-0.1, -0.05) is 65.8 Å². The summed E-state index contributed by atoms with van der Waals surface area (Å²) in [6, 6.07) is 19.4. The van der Waals surface area contributed by atoms with Crippen LogP contribution in [-0.4, -0.2) is 30.0 Å². The van der Waals surface area contributed by atoms with E-state index in [-0.39, 0.29) is 11.7 Å². The Bertz CT molecular complexity index is 1240. The van der Waals surface area contributed by atoms with Crippen LogP contribution in [0.1, 0.15) is 5.56 Å². The third-order valence-corrected chi connectivity index (χ3v) is 6.76. The first-order valence-electron chi connectivity index (χ1n) is 9.36. The van der Waals surface area contributed by atoms with Crippen LogP contribution in [0, 0.1) is 0 Å². The minimum atomic E-state index is -0.205. The highest BCUT2D eigenvalue weighted by Crippen LogP contribution is 2.29. The molecule has 0 fully saturated rings. The maximum Gasteiger partial charge on any atom is 0.250 e. The standard InChI is InChI=1S/C23H18ClN3O2S2/c1-29-21-11-8-15-4-2-3-5-18(15)19(21)12-25-27-22(28)14-31-23-26-20(13-30-23)16-6-9-17(24)10-7-16/h2-13H,14H2,1H3,(H,27,28)/b25-12+. The van der Waals surface area contributed by atoms with E-state index in [1.807, 2.05) is 66.0 Å². The van der Waals surface area contributed by atoms with Crippen LogP contribution in [0.4, 0.5) is 0 Å². The summed E-state index contributed by atoms with van der Waals surface area (Å²) in [4.78, 5) is 16.8. The summed E-state index contributed by atoms with van der Waals surface area (Å²) in [5.74, 6) is 0.713. The number of rotatable bonds is 7. The molecule has 0 atom stereocenters. The fourth-order valence-electron chi connectivity index (χ4n) is 2.99. The molecule has 0 aliphatic carbocycles. The highest BCUT2D eigenvalue weighted by Gasteiger charge is 2.09. The van der Waals surface area contributed by atoms with Gasteiger partial charge in [0, 0.05) is 21.5 Å². The van der Waals surface area contributed by atoms with Gasteiger partial charge in [-0.3, -0.25) is 4.79 Å². The van der Waals surface area contributed by atoms with Crippen LogP contribution in [-0.2, 0) is 4.79 Å². The van der Waals surface area contributed by atoms with E-state index in [1.165, 1.54) is 23.1 Å². The van der Waals surface area contributed by atoms with Crippen molar-refractivity contribution in [2.24, 2.45) is 5.10 Å². The minimum absolute atomic E-state index is 0.205. The van der Waals surface area contributed by atoms with Gasteiger partial charge < -0.3 is 4.74 Å². The highest BCUT2D eigenvalue weighted by molar-refractivity contribution is 8.01. The van der Waals surface area contributed by atoms with E-state index in [0.717, 1.165) is 31.9 Å². The summed E-state index contributed by atoms with van der Waals surface area (Å²) < 4.78 is 6.26. The Morgan fingerprint density at radius 2 is 2.00 bits per heavy atom. The zero-order valence-electron chi connectivity index (χ0n) is 16.5. The SMILES string of the molecule is COc1ccc2ccccc2c1/C=N/NC(=O)CSc1nc(-c2ccc(Cl)cc2)cs1. The molecular weight excluding hydrogens is 450 g/mol. The summed E-state index contributed by atoms with van der Waals surface area (Å²) >= 11 is 8.81. The lowest BCUT2D eigenvalue weighted by molar-refractivity contribution is -0.118. The molecule has 4 aromatic rings. The number of carbonyl (C=O) groups excluding carboxylic acids is 1. The van der Waals surface area contributed by atoms with Gasteiger partial charge in [0.15, 0.2) is 4.34 Å². The second kappa shape index (κ2) is 9.96. The first-order chi connectivity index (χ1) is 15.1. The molecule has 0 unspecified atom stereocenters. The lowest BCUT2D eigenvalue weighted by atomic mass is 10.0. The number of thioether (sulfide) groups is 1. The number of fused-ring (bicyclic) bond motifs is 1. The smallest absolute Gasteiger partial charge is 0.250 e. The molecule has 0 saturated carbocycles. The van der Waals surface area contributed by atoms with E-state index >= 15 is 0 Å². The van der Waals surface area contributed by atoms with Crippen molar-refractivity contribution in [3.05, 3.63) is 76.6 Å². The van der Waals surface area contributed by atoms with Crippen LogP contribution in [0.25, 0.3) is 22.0 Å². The molecule has 1 heterocycles. The minimum Gasteiger partial charge on any atom is -0.496 e. The van der Waals surface area contributed by atoms with Crippen molar-refractivity contribution in [2.45, 2.75) is 4.34 Å². The summed E-state index contributed by atoms with van der Waals surface area (Å²) in [6.45, 7) is 0. The number of nitrogens with zero attached hydrogens (tertiary/aromatic N) is 2. The number of halogens is 1. The number of benzene rings is 3. The average molecular weight is 468 g/mol. The summed E-state index contributed by atoms with van der Waals surface area (Å²) in [5.41, 5.74) is 5.26. The Labute approximate surface area is 193 Å². The summed E-state index contributed by atoms with van der Waals surface area (Å²) in [5, 5.41) is 8.86. The van der Waals surface area contributed by atoms with Gasteiger partial charge in [0.25, 0.3) is 5.91 Å². The quantitative estimate of drug-likeness (QED) is 0.210. The first kappa shape index (κ1) is 21.4. The Morgan fingerprint density at radius 1 is 1.19 bits per heavy atom. The molecular formula is C23H18ClN3O2S2. The number of nitrogens with one attached hydrogen (secondary N) is 1. The second-order valence-electron chi connectivity index (χ2n) is 6.49. The molecule has 0 aliphatic heterocycles. The van der Waals surface area contributed by atoms with Crippen molar-refractivity contribution in [1.82, 2.24) is 10.4 Å². The average Bonchev–Trinajstić information content (AvgIpc) is 3.27. The Hall–Kier alpha value is -2.87. The van der Waals surface area contributed by atoms with E-state index in [4.69, 9.17) is 16.3 Å². The predicted molar refractivity (Wildman–Crippen MR) is 130 cm³/mol. The van der Waals surface area contributed by atoms with Gasteiger partial charge in [-0.05, 0) is 29.0 Å². The molecule has 1 amide bonds. The van der Waals surface area contributed by atoms with Gasteiger partial charge in [-0.25, -0.2) is 10.4 Å². The molecule has 0 radical (unpaired) electrons. The van der Waals surface area contributed by atoms with Crippen LogP contribution in [0.3, 0.4) is 0 Å². The fourth-order valence-corrected chi connectivity index (χ4v) is 4.75. The van der Waals surface area contributed by atoms with Crippen LogP contribution >= 0.6 is 34.7 Å². The molecule has 156 valence electrons. The summed E-state index contributed by atoms with van der Waals surface area (Å²) in [7, 11) is 1.61. The molecule has 0 aliphatic rings. The maximum atomic E-state index is 12.2. The van der Waals surface area contributed by atoms with Gasteiger partial charge in [0.1, 0.15) is 5.75 Å². The number of carbonyl (C=O) groups is 1. The molecule has 5 nitrogen and oxygen atoms in total. The Morgan fingerprint density at radius 3 is 2.81 bits per heavy atom. The normalized spacial score (nSPS) is 11.2. The third-order valence-electron chi connectivity index (χ3n) is 4.48. The monoisotopic (exact) mass is 467 g/mol. The predicted octanol–water partition coefficient (Wildman–Crippen LogP) is 5.87. The number of hydrogen-bond donors (Lipinski definition) is 1. The number of thiazole rings is 1. The van der Waals surface area contributed by atoms with Gasteiger partial charge in [-0.15, -0.1) is 11.3 Å². The van der Waals surface area contributed by atoms with Crippen LogP contribution in [0.15, 0.2) is 75.5 Å². The Kier molecular flexibility index (Phi) is 6.86. The van der Waals surface area contributed by atoms with Gasteiger partial charge in [0.2, 0.25) is 0 Å². The molecule has 0 saturated heterocycles. The van der Waals surface area contributed by atoms with Crippen LogP contribution < -0.4 is 10.2 Å². The largest absolute Gasteiger partial charge is 0.496 e. The zero-order chi connectivity index (χ0) is 21.6. The molecule has 1 N–H and O–H groups in total. The van der Waals surface area contributed by atoms with Crippen molar-refractivity contribution in [2.75, 3.05) is 12.9 Å². The number of aromatic nitrogens is 1. The van der Waals surface area contributed by atoms with Crippen molar-refractivity contribution in [3.8, 4) is 17.0 Å². The van der Waals surface area contributed by atoms with Gasteiger partial charge in [-0.2, -0.15) is 5.10 Å². The number of amides is 1. The molecule has 0 spiro atoms.